The van der Waals surface area contributed by atoms with E-state index in [1.54, 1.807) is 12.1 Å². The van der Waals surface area contributed by atoms with Gasteiger partial charge >= 0.3 is 0 Å². The van der Waals surface area contributed by atoms with Crippen LogP contribution in [0.5, 0.6) is 11.5 Å². The van der Waals surface area contributed by atoms with Crippen molar-refractivity contribution < 1.29 is 18.7 Å². The van der Waals surface area contributed by atoms with Crippen LogP contribution in [0.1, 0.15) is 35.3 Å². The van der Waals surface area contributed by atoms with Crippen LogP contribution in [0.25, 0.3) is 22.9 Å². The SMILES string of the molecule is CCOc1ccc(CCNC(=O)c2ccc(-c3nnc(-c4ccc(C)cc4)o3)cc2)cc1OCC. The van der Waals surface area contributed by atoms with Crippen molar-refractivity contribution in [3.8, 4) is 34.4 Å². The number of hydrogen-bond acceptors (Lipinski definition) is 6. The van der Waals surface area contributed by atoms with Gasteiger partial charge in [-0.15, -0.1) is 10.2 Å². The highest BCUT2D eigenvalue weighted by Crippen LogP contribution is 2.29. The first kappa shape index (κ1) is 24.0. The van der Waals surface area contributed by atoms with Crippen molar-refractivity contribution in [3.05, 3.63) is 83.4 Å². The average molecular weight is 472 g/mol. The number of amides is 1. The lowest BCUT2D eigenvalue weighted by atomic mass is 10.1. The minimum atomic E-state index is -0.140. The summed E-state index contributed by atoms with van der Waals surface area (Å²) in [7, 11) is 0. The van der Waals surface area contributed by atoms with Crippen LogP contribution in [0.3, 0.4) is 0 Å². The van der Waals surface area contributed by atoms with E-state index in [1.807, 2.05) is 75.4 Å². The van der Waals surface area contributed by atoms with Crippen molar-refractivity contribution >= 4 is 5.91 Å². The predicted octanol–water partition coefficient (Wildman–Crippen LogP) is 5.48. The Bertz CT molecular complexity index is 1260. The highest BCUT2D eigenvalue weighted by molar-refractivity contribution is 5.94. The molecule has 0 spiro atoms. The topological polar surface area (TPSA) is 86.5 Å². The monoisotopic (exact) mass is 471 g/mol. The maximum atomic E-state index is 12.6. The minimum Gasteiger partial charge on any atom is -0.490 e. The maximum absolute atomic E-state index is 12.6. The number of ether oxygens (including phenoxy) is 2. The fraction of sp³-hybridized carbons (Fsp3) is 0.250. The molecule has 7 nitrogen and oxygen atoms in total. The van der Waals surface area contributed by atoms with Crippen LogP contribution in [-0.4, -0.2) is 35.9 Å². The Morgan fingerprint density at radius 2 is 1.43 bits per heavy atom. The van der Waals surface area contributed by atoms with Gasteiger partial charge in [-0.25, -0.2) is 0 Å². The van der Waals surface area contributed by atoms with Crippen molar-refractivity contribution in [2.45, 2.75) is 27.2 Å². The minimum absolute atomic E-state index is 0.140. The Morgan fingerprint density at radius 1 is 0.829 bits per heavy atom. The summed E-state index contributed by atoms with van der Waals surface area (Å²) < 4.78 is 17.1. The lowest BCUT2D eigenvalue weighted by Crippen LogP contribution is -2.25. The maximum Gasteiger partial charge on any atom is 0.251 e. The molecule has 0 aliphatic heterocycles. The number of rotatable bonds is 10. The molecule has 0 atom stereocenters. The van der Waals surface area contributed by atoms with Gasteiger partial charge in [0.05, 0.1) is 13.2 Å². The third-order valence-electron chi connectivity index (χ3n) is 5.42. The fourth-order valence-corrected chi connectivity index (χ4v) is 3.59. The number of aromatic nitrogens is 2. The summed E-state index contributed by atoms with van der Waals surface area (Å²) in [5.74, 6) is 2.19. The number of carbonyl (C=O) groups is 1. The van der Waals surface area contributed by atoms with Crippen LogP contribution in [0.15, 0.2) is 71.1 Å². The molecule has 0 bridgehead atoms. The summed E-state index contributed by atoms with van der Waals surface area (Å²) in [4.78, 5) is 12.6. The summed E-state index contributed by atoms with van der Waals surface area (Å²) in [5, 5.41) is 11.3. The zero-order valence-corrected chi connectivity index (χ0v) is 20.2. The van der Waals surface area contributed by atoms with Gasteiger partial charge in [-0.1, -0.05) is 23.8 Å². The molecule has 180 valence electrons. The van der Waals surface area contributed by atoms with Crippen molar-refractivity contribution in [3.63, 3.8) is 0 Å². The van der Waals surface area contributed by atoms with Crippen LogP contribution in [0, 0.1) is 6.92 Å². The molecule has 4 aromatic rings. The van der Waals surface area contributed by atoms with E-state index in [9.17, 15) is 4.79 Å². The second-order valence-corrected chi connectivity index (χ2v) is 8.01. The van der Waals surface area contributed by atoms with Gasteiger partial charge in [0, 0.05) is 23.2 Å². The Morgan fingerprint density at radius 3 is 2.06 bits per heavy atom. The average Bonchev–Trinajstić information content (AvgIpc) is 3.37. The van der Waals surface area contributed by atoms with Gasteiger partial charge in [0.1, 0.15) is 0 Å². The second-order valence-electron chi connectivity index (χ2n) is 8.01. The van der Waals surface area contributed by atoms with Crippen LogP contribution in [-0.2, 0) is 6.42 Å². The number of benzene rings is 3. The number of aryl methyl sites for hydroxylation is 1. The van der Waals surface area contributed by atoms with Crippen LogP contribution in [0.2, 0.25) is 0 Å². The molecule has 7 heteroatoms. The molecule has 1 amide bonds. The van der Waals surface area contributed by atoms with Gasteiger partial charge in [-0.05, 0) is 81.3 Å². The van der Waals surface area contributed by atoms with Crippen LogP contribution >= 0.6 is 0 Å². The van der Waals surface area contributed by atoms with Gasteiger partial charge in [-0.3, -0.25) is 4.79 Å². The zero-order valence-electron chi connectivity index (χ0n) is 20.2. The highest BCUT2D eigenvalue weighted by Gasteiger charge is 2.12. The van der Waals surface area contributed by atoms with Gasteiger partial charge in [-0.2, -0.15) is 0 Å². The van der Waals surface area contributed by atoms with Gasteiger partial charge in [0.2, 0.25) is 11.8 Å². The predicted molar refractivity (Wildman–Crippen MR) is 135 cm³/mol. The first-order valence-corrected chi connectivity index (χ1v) is 11.7. The van der Waals surface area contributed by atoms with Crippen molar-refractivity contribution in [2.75, 3.05) is 19.8 Å². The number of nitrogens with zero attached hydrogens (tertiary/aromatic N) is 2. The normalized spacial score (nSPS) is 10.7. The Labute approximate surface area is 205 Å². The van der Waals surface area contributed by atoms with E-state index in [0.717, 1.165) is 33.8 Å². The first-order valence-electron chi connectivity index (χ1n) is 11.7. The molecule has 1 heterocycles. The molecule has 0 saturated heterocycles. The first-order chi connectivity index (χ1) is 17.1. The summed E-state index contributed by atoms with van der Waals surface area (Å²) in [6.45, 7) is 7.55. The van der Waals surface area contributed by atoms with E-state index in [4.69, 9.17) is 13.9 Å². The summed E-state index contributed by atoms with van der Waals surface area (Å²) in [6.07, 6.45) is 0.681. The standard InChI is InChI=1S/C28H29N3O4/c1-4-33-24-15-8-20(18-25(24)34-5-2)16-17-29-26(32)21-11-13-23(14-12-21)28-31-30-27(35-28)22-9-6-19(3)7-10-22/h6-15,18H,4-5,16-17H2,1-3H3,(H,29,32). The molecular weight excluding hydrogens is 442 g/mol. The largest absolute Gasteiger partial charge is 0.490 e. The van der Waals surface area contributed by atoms with E-state index in [2.05, 4.69) is 15.5 Å². The molecule has 1 N–H and O–H groups in total. The quantitative estimate of drug-likeness (QED) is 0.330. The summed E-state index contributed by atoms with van der Waals surface area (Å²) in [6, 6.07) is 20.9. The van der Waals surface area contributed by atoms with E-state index in [0.29, 0.717) is 43.5 Å². The molecule has 0 aliphatic carbocycles. The Kier molecular flexibility index (Phi) is 7.77. The molecule has 1 aromatic heterocycles. The molecular formula is C28H29N3O4. The molecule has 4 rings (SSSR count). The molecule has 0 unspecified atom stereocenters. The van der Waals surface area contributed by atoms with Crippen LogP contribution < -0.4 is 14.8 Å². The lowest BCUT2D eigenvalue weighted by Gasteiger charge is -2.12. The van der Waals surface area contributed by atoms with Gasteiger partial charge < -0.3 is 19.2 Å². The van der Waals surface area contributed by atoms with E-state index in [-0.39, 0.29) is 5.91 Å². The van der Waals surface area contributed by atoms with Crippen molar-refractivity contribution in [1.82, 2.24) is 15.5 Å². The van der Waals surface area contributed by atoms with Crippen molar-refractivity contribution in [1.29, 1.82) is 0 Å². The Hall–Kier alpha value is -4.13. The number of carbonyl (C=O) groups excluding carboxylic acids is 1. The molecule has 35 heavy (non-hydrogen) atoms. The fourth-order valence-electron chi connectivity index (χ4n) is 3.59. The Balaban J connectivity index is 1.34. The summed E-state index contributed by atoms with van der Waals surface area (Å²) >= 11 is 0. The van der Waals surface area contributed by atoms with Crippen LogP contribution in [0.4, 0.5) is 0 Å². The van der Waals surface area contributed by atoms with Gasteiger partial charge in [0.25, 0.3) is 5.91 Å². The molecule has 0 fully saturated rings. The second kappa shape index (κ2) is 11.3. The zero-order chi connectivity index (χ0) is 24.6. The third kappa shape index (κ3) is 6.06. The molecule has 0 aliphatic rings. The number of nitrogens with one attached hydrogen (secondary N) is 1. The molecule has 3 aromatic carbocycles. The lowest BCUT2D eigenvalue weighted by molar-refractivity contribution is 0.0954. The molecule has 0 saturated carbocycles. The summed E-state index contributed by atoms with van der Waals surface area (Å²) in [5.41, 5.74) is 4.41. The van der Waals surface area contributed by atoms with E-state index >= 15 is 0 Å². The molecule has 0 radical (unpaired) electrons. The highest BCUT2D eigenvalue weighted by atomic mass is 16.5. The van der Waals surface area contributed by atoms with Gasteiger partial charge in [0.15, 0.2) is 11.5 Å². The van der Waals surface area contributed by atoms with E-state index < -0.39 is 0 Å². The van der Waals surface area contributed by atoms with E-state index in [1.165, 1.54) is 0 Å². The number of hydrogen-bond donors (Lipinski definition) is 1. The third-order valence-corrected chi connectivity index (χ3v) is 5.42. The smallest absolute Gasteiger partial charge is 0.251 e. The van der Waals surface area contributed by atoms with Crippen molar-refractivity contribution in [2.24, 2.45) is 0 Å².